The molecule has 1 saturated carbocycles. The van der Waals surface area contributed by atoms with Crippen LogP contribution in [0, 0.1) is 0 Å². The average molecular weight is 449 g/mol. The molecule has 1 fully saturated rings. The lowest BCUT2D eigenvalue weighted by atomic mass is 9.91. The molecule has 10 nitrogen and oxygen atoms in total. The van der Waals surface area contributed by atoms with Crippen molar-refractivity contribution in [3.8, 4) is 0 Å². The third-order valence-corrected chi connectivity index (χ3v) is 5.36. The van der Waals surface area contributed by atoms with Crippen molar-refractivity contribution in [3.63, 3.8) is 0 Å². The zero-order valence-electron chi connectivity index (χ0n) is 17.1. The number of fused-ring (bicyclic) bond motifs is 1. The second kappa shape index (κ2) is 8.22. The van der Waals surface area contributed by atoms with Crippen molar-refractivity contribution in [2.45, 2.75) is 43.9 Å². The number of halogens is 3. The molecule has 3 aromatic rings. The molecule has 0 spiro atoms. The Balaban J connectivity index is 1.71. The summed E-state index contributed by atoms with van der Waals surface area (Å²) >= 11 is 0. The van der Waals surface area contributed by atoms with Crippen molar-refractivity contribution in [3.05, 3.63) is 29.6 Å². The molecule has 1 aromatic carbocycles. The van der Waals surface area contributed by atoms with Crippen LogP contribution in [-0.4, -0.2) is 43.0 Å². The van der Waals surface area contributed by atoms with Crippen molar-refractivity contribution in [1.82, 2.24) is 25.0 Å². The zero-order valence-corrected chi connectivity index (χ0v) is 17.1. The van der Waals surface area contributed by atoms with Gasteiger partial charge in [0.1, 0.15) is 0 Å². The second-order valence-electron chi connectivity index (χ2n) is 7.78. The molecule has 2 atom stereocenters. The lowest BCUT2D eigenvalue weighted by molar-refractivity contribution is -0.136. The highest BCUT2D eigenvalue weighted by molar-refractivity contribution is 5.96. The van der Waals surface area contributed by atoms with Crippen LogP contribution in [0.1, 0.15) is 41.7 Å². The Morgan fingerprint density at radius 2 is 1.97 bits per heavy atom. The van der Waals surface area contributed by atoms with E-state index in [1.165, 1.54) is 24.0 Å². The van der Waals surface area contributed by atoms with E-state index in [2.05, 4.69) is 30.9 Å². The Kier molecular flexibility index (Phi) is 5.59. The SMILES string of the molecule is Cn1cc2c(C(F)(F)F)cc(Nc3nc(N[C@@H]4CCCC[C@@H]4N)nnc3C(N)=O)cc2n1. The maximum absolute atomic E-state index is 13.6. The number of hydrogen-bond donors (Lipinski definition) is 4. The number of benzene rings is 1. The van der Waals surface area contributed by atoms with Gasteiger partial charge in [-0.1, -0.05) is 12.8 Å². The standard InChI is InChI=1S/C19H22F3N9O/c1-31-8-10-11(19(20,21)22)6-9(7-14(10)30-31)25-17-15(16(24)32)28-29-18(27-17)26-13-5-3-2-4-12(13)23/h6-8,12-13H,2-5,23H2,1H3,(H2,24,32)(H2,25,26,27,29)/t12-,13+/m0/s1. The van der Waals surface area contributed by atoms with Crippen LogP contribution in [-0.2, 0) is 13.2 Å². The Hall–Kier alpha value is -3.48. The van der Waals surface area contributed by atoms with Gasteiger partial charge >= 0.3 is 6.18 Å². The van der Waals surface area contributed by atoms with Crippen LogP contribution in [0.5, 0.6) is 0 Å². The van der Waals surface area contributed by atoms with E-state index in [0.717, 1.165) is 31.7 Å². The molecular formula is C19H22F3N9O. The number of aryl methyl sites for hydroxylation is 1. The number of nitrogens with two attached hydrogens (primary N) is 2. The van der Waals surface area contributed by atoms with Crippen molar-refractivity contribution >= 4 is 34.3 Å². The lowest BCUT2D eigenvalue weighted by Crippen LogP contribution is -2.43. The number of primary amides is 1. The van der Waals surface area contributed by atoms with E-state index >= 15 is 0 Å². The van der Waals surface area contributed by atoms with Gasteiger partial charge in [-0.05, 0) is 25.0 Å². The molecule has 1 aliphatic rings. The number of amides is 1. The van der Waals surface area contributed by atoms with Crippen LogP contribution in [0.3, 0.4) is 0 Å². The largest absolute Gasteiger partial charge is 0.417 e. The van der Waals surface area contributed by atoms with Crippen LogP contribution in [0.2, 0.25) is 0 Å². The van der Waals surface area contributed by atoms with Gasteiger partial charge < -0.3 is 22.1 Å². The summed E-state index contributed by atoms with van der Waals surface area (Å²) in [5.41, 5.74) is 10.5. The minimum Gasteiger partial charge on any atom is -0.364 e. The topological polar surface area (TPSA) is 150 Å². The van der Waals surface area contributed by atoms with Gasteiger partial charge in [0.25, 0.3) is 5.91 Å². The van der Waals surface area contributed by atoms with Crippen molar-refractivity contribution in [2.75, 3.05) is 10.6 Å². The van der Waals surface area contributed by atoms with Crippen molar-refractivity contribution < 1.29 is 18.0 Å². The molecule has 6 N–H and O–H groups in total. The molecule has 13 heteroatoms. The summed E-state index contributed by atoms with van der Waals surface area (Å²) < 4.78 is 42.1. The van der Waals surface area contributed by atoms with E-state index in [-0.39, 0.29) is 46.1 Å². The lowest BCUT2D eigenvalue weighted by Gasteiger charge is -2.29. The van der Waals surface area contributed by atoms with Crippen molar-refractivity contribution in [1.29, 1.82) is 0 Å². The van der Waals surface area contributed by atoms with E-state index in [1.807, 2.05) is 0 Å². The summed E-state index contributed by atoms with van der Waals surface area (Å²) in [4.78, 5) is 16.0. The maximum Gasteiger partial charge on any atom is 0.417 e. The molecule has 0 unspecified atom stereocenters. The highest BCUT2D eigenvalue weighted by Crippen LogP contribution is 2.37. The van der Waals surface area contributed by atoms with Gasteiger partial charge in [0.05, 0.1) is 11.1 Å². The van der Waals surface area contributed by atoms with Gasteiger partial charge in [-0.15, -0.1) is 10.2 Å². The number of hydrogen-bond acceptors (Lipinski definition) is 8. The number of nitrogens with one attached hydrogen (secondary N) is 2. The predicted octanol–water partition coefficient (Wildman–Crippen LogP) is 2.30. The molecule has 0 saturated heterocycles. The number of alkyl halides is 3. The van der Waals surface area contributed by atoms with E-state index in [1.54, 1.807) is 0 Å². The highest BCUT2D eigenvalue weighted by atomic mass is 19.4. The minimum atomic E-state index is -4.61. The Labute approximate surface area is 180 Å². The molecule has 0 aliphatic heterocycles. The summed E-state index contributed by atoms with van der Waals surface area (Å²) in [6, 6.07) is 2.16. The minimum absolute atomic E-state index is 0.0202. The molecule has 32 heavy (non-hydrogen) atoms. The first-order chi connectivity index (χ1) is 15.1. The number of aromatic nitrogens is 5. The van der Waals surface area contributed by atoms with Gasteiger partial charge in [0, 0.05) is 36.4 Å². The Bertz CT molecular complexity index is 1160. The van der Waals surface area contributed by atoms with E-state index in [4.69, 9.17) is 11.5 Å². The van der Waals surface area contributed by atoms with Gasteiger partial charge in [0.15, 0.2) is 11.5 Å². The first kappa shape index (κ1) is 21.7. The molecule has 1 amide bonds. The van der Waals surface area contributed by atoms with Crippen LogP contribution >= 0.6 is 0 Å². The van der Waals surface area contributed by atoms with E-state index in [9.17, 15) is 18.0 Å². The number of nitrogens with zero attached hydrogens (tertiary/aromatic N) is 5. The first-order valence-corrected chi connectivity index (χ1v) is 10.00. The van der Waals surface area contributed by atoms with Crippen LogP contribution < -0.4 is 22.1 Å². The number of carbonyl (C=O) groups excluding carboxylic acids is 1. The van der Waals surface area contributed by atoms with E-state index < -0.39 is 17.6 Å². The summed E-state index contributed by atoms with van der Waals surface area (Å²) in [5, 5.41) is 17.5. The summed E-state index contributed by atoms with van der Waals surface area (Å²) in [7, 11) is 1.53. The van der Waals surface area contributed by atoms with Gasteiger partial charge in [-0.25, -0.2) is 0 Å². The van der Waals surface area contributed by atoms with Gasteiger partial charge in [-0.3, -0.25) is 9.48 Å². The molecular weight excluding hydrogens is 427 g/mol. The number of rotatable bonds is 5. The molecule has 2 aromatic heterocycles. The van der Waals surface area contributed by atoms with Crippen LogP contribution in [0.15, 0.2) is 18.3 Å². The molecule has 2 heterocycles. The summed E-state index contributed by atoms with van der Waals surface area (Å²) in [6.07, 6.45) is 0.366. The van der Waals surface area contributed by atoms with Crippen LogP contribution in [0.25, 0.3) is 10.9 Å². The van der Waals surface area contributed by atoms with Gasteiger partial charge in [-0.2, -0.15) is 23.3 Å². The normalized spacial score (nSPS) is 19.2. The molecule has 4 rings (SSSR count). The van der Waals surface area contributed by atoms with Crippen LogP contribution in [0.4, 0.5) is 30.6 Å². The zero-order chi connectivity index (χ0) is 23.0. The number of carbonyl (C=O) groups is 1. The third kappa shape index (κ3) is 4.42. The molecule has 0 radical (unpaired) electrons. The third-order valence-electron chi connectivity index (χ3n) is 5.36. The number of anilines is 3. The highest BCUT2D eigenvalue weighted by Gasteiger charge is 2.34. The monoisotopic (exact) mass is 449 g/mol. The van der Waals surface area contributed by atoms with Crippen molar-refractivity contribution in [2.24, 2.45) is 18.5 Å². The predicted molar refractivity (Wildman–Crippen MR) is 111 cm³/mol. The fraction of sp³-hybridized carbons (Fsp3) is 0.421. The molecule has 170 valence electrons. The smallest absolute Gasteiger partial charge is 0.364 e. The summed E-state index contributed by atoms with van der Waals surface area (Å²) in [5.74, 6) is -0.957. The average Bonchev–Trinajstić information content (AvgIpc) is 3.08. The Morgan fingerprint density at radius 1 is 1.22 bits per heavy atom. The maximum atomic E-state index is 13.6. The quantitative estimate of drug-likeness (QED) is 0.463. The fourth-order valence-corrected chi connectivity index (χ4v) is 3.83. The van der Waals surface area contributed by atoms with Gasteiger partial charge in [0.2, 0.25) is 5.95 Å². The Morgan fingerprint density at radius 3 is 2.66 bits per heavy atom. The van der Waals surface area contributed by atoms with E-state index in [0.29, 0.717) is 0 Å². The molecule has 0 bridgehead atoms. The second-order valence-corrected chi connectivity index (χ2v) is 7.78. The summed E-state index contributed by atoms with van der Waals surface area (Å²) in [6.45, 7) is 0. The molecule has 1 aliphatic carbocycles. The fourth-order valence-electron chi connectivity index (χ4n) is 3.83. The first-order valence-electron chi connectivity index (χ1n) is 10.00.